The van der Waals surface area contributed by atoms with Gasteiger partial charge in [0.25, 0.3) is 0 Å². The fourth-order valence-electron chi connectivity index (χ4n) is 2.01. The number of halogens is 2. The quantitative estimate of drug-likeness (QED) is 0.851. The van der Waals surface area contributed by atoms with E-state index in [4.69, 9.17) is 17.3 Å². The second-order valence-corrected chi connectivity index (χ2v) is 4.90. The van der Waals surface area contributed by atoms with E-state index in [2.05, 4.69) is 0 Å². The van der Waals surface area contributed by atoms with Crippen LogP contribution in [0.3, 0.4) is 0 Å². The summed E-state index contributed by atoms with van der Waals surface area (Å²) >= 11 is 5.97. The van der Waals surface area contributed by atoms with Crippen molar-refractivity contribution in [3.05, 3.63) is 34.6 Å². The lowest BCUT2D eigenvalue weighted by Crippen LogP contribution is -2.42. The largest absolute Gasteiger partial charge is 0.388 e. The van der Waals surface area contributed by atoms with Crippen molar-refractivity contribution in [2.24, 2.45) is 11.7 Å². The molecule has 1 aromatic rings. The van der Waals surface area contributed by atoms with Gasteiger partial charge in [0.1, 0.15) is 5.82 Å². The third-order valence-electron chi connectivity index (χ3n) is 3.20. The van der Waals surface area contributed by atoms with Gasteiger partial charge in [-0.05, 0) is 42.5 Å². The Bertz CT molecular complexity index is 395. The van der Waals surface area contributed by atoms with Gasteiger partial charge in [-0.2, -0.15) is 0 Å². The highest BCUT2D eigenvalue weighted by atomic mass is 35.5. The summed E-state index contributed by atoms with van der Waals surface area (Å²) in [6, 6.07) is 4.19. The zero-order valence-corrected chi connectivity index (χ0v) is 9.67. The molecule has 0 heterocycles. The molecule has 0 aliphatic heterocycles. The normalized spacial score (nSPS) is 19.5. The number of rotatable bonds is 4. The molecule has 16 heavy (non-hydrogen) atoms. The maximum atomic E-state index is 13.1. The predicted octanol–water partition coefficient (Wildman–Crippen LogP) is 2.12. The molecule has 0 spiro atoms. The molecular formula is C12H15ClFNO. The van der Waals surface area contributed by atoms with Crippen molar-refractivity contribution in [3.8, 4) is 0 Å². The average Bonchev–Trinajstić information content (AvgIpc) is 3.07. The number of aliphatic hydroxyl groups is 1. The molecule has 1 unspecified atom stereocenters. The van der Waals surface area contributed by atoms with Gasteiger partial charge in [-0.25, -0.2) is 4.39 Å². The van der Waals surface area contributed by atoms with E-state index >= 15 is 0 Å². The molecule has 0 aromatic heterocycles. The van der Waals surface area contributed by atoms with Gasteiger partial charge < -0.3 is 10.8 Å². The Labute approximate surface area is 99.2 Å². The first-order valence-corrected chi connectivity index (χ1v) is 5.79. The molecule has 4 heteroatoms. The molecule has 0 saturated heterocycles. The van der Waals surface area contributed by atoms with Gasteiger partial charge in [0, 0.05) is 18.0 Å². The average molecular weight is 244 g/mol. The van der Waals surface area contributed by atoms with E-state index in [9.17, 15) is 9.50 Å². The van der Waals surface area contributed by atoms with Crippen molar-refractivity contribution in [1.82, 2.24) is 0 Å². The van der Waals surface area contributed by atoms with E-state index in [1.165, 1.54) is 18.2 Å². The summed E-state index contributed by atoms with van der Waals surface area (Å²) in [5.41, 5.74) is 5.29. The molecule has 1 aliphatic rings. The summed E-state index contributed by atoms with van der Waals surface area (Å²) in [5.74, 6) is -0.105. The summed E-state index contributed by atoms with van der Waals surface area (Å²) in [5, 5.41) is 10.8. The van der Waals surface area contributed by atoms with Gasteiger partial charge >= 0.3 is 0 Å². The Balaban J connectivity index is 2.21. The van der Waals surface area contributed by atoms with Gasteiger partial charge in [-0.1, -0.05) is 11.6 Å². The fourth-order valence-corrected chi connectivity index (χ4v) is 2.20. The lowest BCUT2D eigenvalue weighted by Gasteiger charge is -2.27. The second-order valence-electron chi connectivity index (χ2n) is 4.49. The van der Waals surface area contributed by atoms with Crippen LogP contribution in [0.25, 0.3) is 0 Å². The predicted molar refractivity (Wildman–Crippen MR) is 61.8 cm³/mol. The minimum atomic E-state index is -0.933. The monoisotopic (exact) mass is 243 g/mol. The number of benzene rings is 1. The molecule has 3 N–H and O–H groups in total. The first-order chi connectivity index (χ1) is 7.55. The smallest absolute Gasteiger partial charge is 0.123 e. The zero-order chi connectivity index (χ0) is 11.8. The molecule has 2 nitrogen and oxygen atoms in total. The maximum Gasteiger partial charge on any atom is 0.123 e. The molecule has 0 radical (unpaired) electrons. The zero-order valence-electron chi connectivity index (χ0n) is 8.92. The Morgan fingerprint density at radius 3 is 2.75 bits per heavy atom. The van der Waals surface area contributed by atoms with E-state index in [1.54, 1.807) is 0 Å². The van der Waals surface area contributed by atoms with E-state index < -0.39 is 5.60 Å². The van der Waals surface area contributed by atoms with Crippen LogP contribution in [0.15, 0.2) is 18.2 Å². The molecule has 2 rings (SSSR count). The first kappa shape index (κ1) is 11.8. The van der Waals surface area contributed by atoms with E-state index in [1.807, 2.05) is 0 Å². The van der Waals surface area contributed by atoms with Gasteiger partial charge in [0.05, 0.1) is 5.60 Å². The summed E-state index contributed by atoms with van der Waals surface area (Å²) in [6.45, 7) is 0.185. The molecule has 1 aliphatic carbocycles. The topological polar surface area (TPSA) is 46.2 Å². The third kappa shape index (κ3) is 2.37. The highest BCUT2D eigenvalue weighted by molar-refractivity contribution is 6.31. The minimum Gasteiger partial charge on any atom is -0.388 e. The highest BCUT2D eigenvalue weighted by Crippen LogP contribution is 2.41. The summed E-state index contributed by atoms with van der Waals surface area (Å²) < 4.78 is 13.1. The molecule has 0 bridgehead atoms. The second kappa shape index (κ2) is 4.32. The lowest BCUT2D eigenvalue weighted by atomic mass is 9.90. The molecule has 1 aromatic carbocycles. The lowest BCUT2D eigenvalue weighted by molar-refractivity contribution is 0.0267. The van der Waals surface area contributed by atoms with Crippen molar-refractivity contribution < 1.29 is 9.50 Å². The van der Waals surface area contributed by atoms with Crippen molar-refractivity contribution in [1.29, 1.82) is 0 Å². The highest BCUT2D eigenvalue weighted by Gasteiger charge is 2.42. The van der Waals surface area contributed by atoms with Crippen LogP contribution < -0.4 is 5.73 Å². The van der Waals surface area contributed by atoms with Crippen LogP contribution in [0, 0.1) is 11.7 Å². The van der Waals surface area contributed by atoms with Crippen molar-refractivity contribution in [3.63, 3.8) is 0 Å². The number of hydrogen-bond acceptors (Lipinski definition) is 2. The van der Waals surface area contributed by atoms with E-state index in [0.29, 0.717) is 17.0 Å². The van der Waals surface area contributed by atoms with Gasteiger partial charge in [0.2, 0.25) is 0 Å². The van der Waals surface area contributed by atoms with Crippen LogP contribution in [0.5, 0.6) is 0 Å². The maximum absolute atomic E-state index is 13.1. The van der Waals surface area contributed by atoms with Gasteiger partial charge in [-0.3, -0.25) is 0 Å². The van der Waals surface area contributed by atoms with Gasteiger partial charge in [0.15, 0.2) is 0 Å². The first-order valence-electron chi connectivity index (χ1n) is 5.41. The summed E-state index contributed by atoms with van der Waals surface area (Å²) in [6.07, 6.45) is 2.30. The molecule has 1 atom stereocenters. The molecule has 0 amide bonds. The Morgan fingerprint density at radius 2 is 2.19 bits per heavy atom. The van der Waals surface area contributed by atoms with E-state index in [0.717, 1.165) is 12.8 Å². The third-order valence-corrected chi connectivity index (χ3v) is 3.56. The Kier molecular flexibility index (Phi) is 3.19. The fraction of sp³-hybridized carbons (Fsp3) is 0.500. The summed E-state index contributed by atoms with van der Waals surface area (Å²) in [7, 11) is 0. The Hall–Kier alpha value is -0.640. The van der Waals surface area contributed by atoms with E-state index in [-0.39, 0.29) is 18.3 Å². The van der Waals surface area contributed by atoms with Crippen LogP contribution in [0.1, 0.15) is 18.4 Å². The standard InChI is InChI=1S/C12H15ClFNO/c13-11-4-3-10(14)5-8(11)6-12(16,7-15)9-1-2-9/h3-5,9,16H,1-2,6-7,15H2. The van der Waals surface area contributed by atoms with Crippen molar-refractivity contribution in [2.45, 2.75) is 24.9 Å². The molecular weight excluding hydrogens is 229 g/mol. The SMILES string of the molecule is NCC(O)(Cc1cc(F)ccc1Cl)C1CC1. The van der Waals surface area contributed by atoms with Crippen LogP contribution >= 0.6 is 11.6 Å². The molecule has 88 valence electrons. The van der Waals surface area contributed by atoms with Gasteiger partial charge in [-0.15, -0.1) is 0 Å². The summed E-state index contributed by atoms with van der Waals surface area (Å²) in [4.78, 5) is 0. The van der Waals surface area contributed by atoms with Crippen LogP contribution in [-0.4, -0.2) is 17.3 Å². The van der Waals surface area contributed by atoms with Crippen molar-refractivity contribution >= 4 is 11.6 Å². The van der Waals surface area contributed by atoms with Crippen molar-refractivity contribution in [2.75, 3.05) is 6.54 Å². The molecule has 1 fully saturated rings. The minimum absolute atomic E-state index is 0.185. The van der Waals surface area contributed by atoms with Crippen LogP contribution in [0.4, 0.5) is 4.39 Å². The number of hydrogen-bond donors (Lipinski definition) is 2. The van der Waals surface area contributed by atoms with Crippen LogP contribution in [-0.2, 0) is 6.42 Å². The number of nitrogens with two attached hydrogens (primary N) is 1. The molecule has 1 saturated carbocycles. The Morgan fingerprint density at radius 1 is 1.50 bits per heavy atom. The van der Waals surface area contributed by atoms with Crippen LogP contribution in [0.2, 0.25) is 5.02 Å².